The minimum Gasteiger partial charge on any atom is -0.370 e. The molecule has 1 aromatic heterocycles. The summed E-state index contributed by atoms with van der Waals surface area (Å²) in [6.07, 6.45) is 6.67. The fourth-order valence-electron chi connectivity index (χ4n) is 3.50. The number of nitrogens with two attached hydrogens (primary N) is 1. The number of aliphatic imine (C=N–C) groups is 1. The summed E-state index contributed by atoms with van der Waals surface area (Å²) >= 11 is 0. The maximum absolute atomic E-state index is 6.12. The van der Waals surface area contributed by atoms with E-state index >= 15 is 0 Å². The van der Waals surface area contributed by atoms with E-state index in [1.54, 1.807) is 0 Å². The third-order valence-electron chi connectivity index (χ3n) is 4.99. The minimum atomic E-state index is 0.455. The van der Waals surface area contributed by atoms with Crippen LogP contribution in [0.5, 0.6) is 0 Å². The standard InChI is InChI=1S/C21H29N5/c1-3-26(4-2)20-13-12-16(14-23-20)15-24-21(22)25-19-11-7-9-17-8-5-6-10-18(17)19/h7,9,11-14H,3-6,8,10,15H2,1-2H3,(H3,22,24,25). The summed E-state index contributed by atoms with van der Waals surface area (Å²) in [7, 11) is 0. The third kappa shape index (κ3) is 4.34. The second kappa shape index (κ2) is 8.70. The van der Waals surface area contributed by atoms with Gasteiger partial charge in [-0.15, -0.1) is 0 Å². The first-order valence-corrected chi connectivity index (χ1v) is 9.58. The molecule has 3 N–H and O–H groups in total. The number of nitrogens with one attached hydrogen (secondary N) is 1. The van der Waals surface area contributed by atoms with Crippen LogP contribution in [0.1, 0.15) is 43.4 Å². The van der Waals surface area contributed by atoms with Gasteiger partial charge in [0.15, 0.2) is 5.96 Å². The molecule has 0 unspecified atom stereocenters. The smallest absolute Gasteiger partial charge is 0.193 e. The van der Waals surface area contributed by atoms with Crippen molar-refractivity contribution in [2.24, 2.45) is 10.7 Å². The Morgan fingerprint density at radius 1 is 1.15 bits per heavy atom. The van der Waals surface area contributed by atoms with Gasteiger partial charge in [0.2, 0.25) is 0 Å². The van der Waals surface area contributed by atoms with Crippen LogP contribution in [0.3, 0.4) is 0 Å². The molecule has 2 aromatic rings. The van der Waals surface area contributed by atoms with Crippen LogP contribution in [-0.4, -0.2) is 24.0 Å². The van der Waals surface area contributed by atoms with Crippen LogP contribution in [0.4, 0.5) is 11.5 Å². The van der Waals surface area contributed by atoms with Gasteiger partial charge in [-0.05, 0) is 68.4 Å². The van der Waals surface area contributed by atoms with Crippen LogP contribution in [-0.2, 0) is 19.4 Å². The fraction of sp³-hybridized carbons (Fsp3) is 0.429. The second-order valence-corrected chi connectivity index (χ2v) is 6.67. The highest BCUT2D eigenvalue weighted by Gasteiger charge is 2.13. The van der Waals surface area contributed by atoms with Gasteiger partial charge in [-0.25, -0.2) is 9.98 Å². The Labute approximate surface area is 156 Å². The predicted octanol–water partition coefficient (Wildman–Crippen LogP) is 3.73. The summed E-state index contributed by atoms with van der Waals surface area (Å²) in [5.74, 6) is 1.46. The number of rotatable bonds is 6. The Balaban J connectivity index is 1.64. The Bertz CT molecular complexity index is 747. The average Bonchev–Trinajstić information content (AvgIpc) is 2.68. The molecule has 0 bridgehead atoms. The quantitative estimate of drug-likeness (QED) is 0.615. The fourth-order valence-corrected chi connectivity index (χ4v) is 3.50. The normalized spacial score (nSPS) is 14.0. The van der Waals surface area contributed by atoms with Gasteiger partial charge >= 0.3 is 0 Å². The van der Waals surface area contributed by atoms with Crippen molar-refractivity contribution in [3.63, 3.8) is 0 Å². The summed E-state index contributed by atoms with van der Waals surface area (Å²) < 4.78 is 0. The molecule has 26 heavy (non-hydrogen) atoms. The number of nitrogens with zero attached hydrogens (tertiary/aromatic N) is 3. The van der Waals surface area contributed by atoms with E-state index in [4.69, 9.17) is 5.73 Å². The molecule has 1 aliphatic rings. The van der Waals surface area contributed by atoms with E-state index in [1.165, 1.54) is 24.0 Å². The minimum absolute atomic E-state index is 0.455. The third-order valence-corrected chi connectivity index (χ3v) is 4.99. The van der Waals surface area contributed by atoms with E-state index in [0.717, 1.165) is 43.0 Å². The van der Waals surface area contributed by atoms with E-state index in [1.807, 2.05) is 6.20 Å². The molecule has 1 aromatic carbocycles. The number of aryl methyl sites for hydroxylation is 1. The lowest BCUT2D eigenvalue weighted by Crippen LogP contribution is -2.24. The van der Waals surface area contributed by atoms with Crippen molar-refractivity contribution in [2.45, 2.75) is 46.1 Å². The highest BCUT2D eigenvalue weighted by atomic mass is 15.2. The molecule has 0 radical (unpaired) electrons. The molecule has 0 fully saturated rings. The Morgan fingerprint density at radius 3 is 2.69 bits per heavy atom. The van der Waals surface area contributed by atoms with E-state index in [9.17, 15) is 0 Å². The maximum Gasteiger partial charge on any atom is 0.193 e. The molecule has 0 saturated heterocycles. The zero-order chi connectivity index (χ0) is 18.4. The van der Waals surface area contributed by atoms with Gasteiger partial charge in [0.05, 0.1) is 6.54 Å². The van der Waals surface area contributed by atoms with Crippen molar-refractivity contribution in [3.05, 3.63) is 53.2 Å². The molecule has 0 saturated carbocycles. The van der Waals surface area contributed by atoms with Crippen LogP contribution in [0.2, 0.25) is 0 Å². The molecule has 0 aliphatic heterocycles. The maximum atomic E-state index is 6.12. The molecule has 1 heterocycles. The molecule has 0 amide bonds. The monoisotopic (exact) mass is 351 g/mol. The van der Waals surface area contributed by atoms with E-state index in [2.05, 4.69) is 64.4 Å². The summed E-state index contributed by atoms with van der Waals surface area (Å²) in [6.45, 7) is 6.72. The van der Waals surface area contributed by atoms with Crippen molar-refractivity contribution in [1.82, 2.24) is 4.98 Å². The number of hydrogen-bond donors (Lipinski definition) is 2. The van der Waals surface area contributed by atoms with Gasteiger partial charge in [0, 0.05) is 25.0 Å². The second-order valence-electron chi connectivity index (χ2n) is 6.67. The zero-order valence-corrected chi connectivity index (χ0v) is 15.8. The van der Waals surface area contributed by atoms with E-state index < -0.39 is 0 Å². The van der Waals surface area contributed by atoms with Gasteiger partial charge in [-0.2, -0.15) is 0 Å². The van der Waals surface area contributed by atoms with Crippen LogP contribution < -0.4 is 16.0 Å². The lowest BCUT2D eigenvalue weighted by Gasteiger charge is -2.20. The molecule has 5 heteroatoms. The van der Waals surface area contributed by atoms with E-state index in [-0.39, 0.29) is 0 Å². The lowest BCUT2D eigenvalue weighted by atomic mass is 9.90. The van der Waals surface area contributed by atoms with Crippen molar-refractivity contribution >= 4 is 17.5 Å². The summed E-state index contributed by atoms with van der Waals surface area (Å²) in [5, 5.41) is 3.29. The molecule has 138 valence electrons. The Kier molecular flexibility index (Phi) is 6.10. The number of benzene rings is 1. The highest BCUT2D eigenvalue weighted by Crippen LogP contribution is 2.27. The number of anilines is 2. The molecule has 1 aliphatic carbocycles. The van der Waals surface area contributed by atoms with Gasteiger partial charge in [-0.3, -0.25) is 0 Å². The van der Waals surface area contributed by atoms with E-state index in [0.29, 0.717) is 12.5 Å². The van der Waals surface area contributed by atoms with Crippen molar-refractivity contribution in [2.75, 3.05) is 23.3 Å². The molecular formula is C21H29N5. The number of hydrogen-bond acceptors (Lipinski definition) is 3. The van der Waals surface area contributed by atoms with Crippen molar-refractivity contribution in [1.29, 1.82) is 0 Å². The molecular weight excluding hydrogens is 322 g/mol. The number of guanidine groups is 1. The highest BCUT2D eigenvalue weighted by molar-refractivity contribution is 5.93. The van der Waals surface area contributed by atoms with Gasteiger partial charge in [0.25, 0.3) is 0 Å². The molecule has 0 atom stereocenters. The lowest BCUT2D eigenvalue weighted by molar-refractivity contribution is 0.687. The predicted molar refractivity (Wildman–Crippen MR) is 110 cm³/mol. The number of aromatic nitrogens is 1. The van der Waals surface area contributed by atoms with Crippen LogP contribution in [0.15, 0.2) is 41.5 Å². The summed E-state index contributed by atoms with van der Waals surface area (Å²) in [6, 6.07) is 10.5. The molecule has 5 nitrogen and oxygen atoms in total. The van der Waals surface area contributed by atoms with Crippen molar-refractivity contribution in [3.8, 4) is 0 Å². The summed E-state index contributed by atoms with van der Waals surface area (Å²) in [4.78, 5) is 11.2. The molecule has 3 rings (SSSR count). The van der Waals surface area contributed by atoms with Crippen LogP contribution >= 0.6 is 0 Å². The summed E-state index contributed by atoms with van der Waals surface area (Å²) in [5.41, 5.74) is 11.1. The van der Waals surface area contributed by atoms with Gasteiger partial charge < -0.3 is 16.0 Å². The van der Waals surface area contributed by atoms with Crippen LogP contribution in [0.25, 0.3) is 0 Å². The van der Waals surface area contributed by atoms with Gasteiger partial charge in [0.1, 0.15) is 5.82 Å². The van der Waals surface area contributed by atoms with Gasteiger partial charge in [-0.1, -0.05) is 18.2 Å². The van der Waals surface area contributed by atoms with Crippen molar-refractivity contribution < 1.29 is 0 Å². The number of pyridine rings is 1. The first kappa shape index (κ1) is 18.2. The Hall–Kier alpha value is -2.56. The first-order chi connectivity index (χ1) is 12.7. The largest absolute Gasteiger partial charge is 0.370 e. The average molecular weight is 351 g/mol. The SMILES string of the molecule is CCN(CC)c1ccc(CN=C(N)Nc2cccc3c2CCCC3)cn1. The zero-order valence-electron chi connectivity index (χ0n) is 15.8. The number of fused-ring (bicyclic) bond motifs is 1. The topological polar surface area (TPSA) is 66.5 Å². The van der Waals surface area contributed by atoms with Crippen LogP contribution in [0, 0.1) is 0 Å². The Morgan fingerprint density at radius 2 is 1.96 bits per heavy atom. The first-order valence-electron chi connectivity index (χ1n) is 9.58. The molecule has 0 spiro atoms.